The lowest BCUT2D eigenvalue weighted by Crippen LogP contribution is -2.35. The molecule has 4 rings (SSSR count). The summed E-state index contributed by atoms with van der Waals surface area (Å²) >= 11 is 1.22. The number of thiophene rings is 1. The second kappa shape index (κ2) is 8.98. The molecule has 2 aromatic rings. The summed E-state index contributed by atoms with van der Waals surface area (Å²) in [7, 11) is -3.42. The van der Waals surface area contributed by atoms with Crippen LogP contribution in [0.1, 0.15) is 54.0 Å². The molecule has 1 aliphatic carbocycles. The monoisotopic (exact) mass is 432 g/mol. The third-order valence-corrected chi connectivity index (χ3v) is 9.37. The maximum absolute atomic E-state index is 12.8. The van der Waals surface area contributed by atoms with Crippen LogP contribution in [0.3, 0.4) is 0 Å². The molecule has 1 fully saturated rings. The first-order chi connectivity index (χ1) is 14.0. The van der Waals surface area contributed by atoms with Crippen molar-refractivity contribution in [3.8, 4) is 0 Å². The molecular weight excluding hydrogens is 404 g/mol. The van der Waals surface area contributed by atoms with Gasteiger partial charge in [-0.1, -0.05) is 30.7 Å². The molecule has 0 bridgehead atoms. The van der Waals surface area contributed by atoms with Gasteiger partial charge in [-0.15, -0.1) is 11.3 Å². The summed E-state index contributed by atoms with van der Waals surface area (Å²) in [5.74, 6) is 0.319. The zero-order valence-electron chi connectivity index (χ0n) is 16.6. The van der Waals surface area contributed by atoms with Crippen LogP contribution in [-0.4, -0.2) is 38.3 Å². The van der Waals surface area contributed by atoms with E-state index in [4.69, 9.17) is 0 Å². The number of benzene rings is 1. The minimum absolute atomic E-state index is 0.0446. The van der Waals surface area contributed by atoms with Gasteiger partial charge < -0.3 is 5.32 Å². The summed E-state index contributed by atoms with van der Waals surface area (Å²) < 4.78 is 27.5. The van der Waals surface area contributed by atoms with E-state index in [1.165, 1.54) is 22.5 Å². The Bertz CT molecular complexity index is 962. The van der Waals surface area contributed by atoms with Crippen molar-refractivity contribution in [3.63, 3.8) is 0 Å². The minimum atomic E-state index is -3.42. The van der Waals surface area contributed by atoms with Crippen LogP contribution in [0, 0.1) is 0 Å². The molecule has 1 aliphatic heterocycles. The number of fused-ring (bicyclic) bond motifs is 1. The van der Waals surface area contributed by atoms with Gasteiger partial charge in [0.05, 0.1) is 6.42 Å². The Balaban J connectivity index is 1.34. The van der Waals surface area contributed by atoms with Gasteiger partial charge in [-0.2, -0.15) is 4.31 Å². The van der Waals surface area contributed by atoms with E-state index in [2.05, 4.69) is 29.6 Å². The smallest absolute Gasteiger partial charge is 0.252 e. The zero-order chi connectivity index (χ0) is 20.3. The number of hydrogen-bond donors (Lipinski definition) is 1. The maximum Gasteiger partial charge on any atom is 0.252 e. The first-order valence-corrected chi connectivity index (χ1v) is 12.7. The Morgan fingerprint density at radius 3 is 2.69 bits per heavy atom. The second-order valence-electron chi connectivity index (χ2n) is 7.95. The molecule has 1 aromatic carbocycles. The first-order valence-electron chi connectivity index (χ1n) is 10.5. The summed E-state index contributed by atoms with van der Waals surface area (Å²) in [5, 5.41) is 3.06. The van der Waals surface area contributed by atoms with Crippen LogP contribution >= 0.6 is 11.3 Å². The quantitative estimate of drug-likeness (QED) is 0.757. The molecule has 7 heteroatoms. The number of carbonyl (C=O) groups excluding carboxylic acids is 1. The number of hydrogen-bond acceptors (Lipinski definition) is 4. The number of amides is 1. The highest BCUT2D eigenvalue weighted by molar-refractivity contribution is 7.91. The van der Waals surface area contributed by atoms with E-state index in [0.29, 0.717) is 29.8 Å². The average molecular weight is 433 g/mol. The molecule has 0 spiro atoms. The average Bonchev–Trinajstić information content (AvgIpc) is 3.22. The molecule has 1 amide bonds. The first kappa shape index (κ1) is 20.6. The number of rotatable bonds is 6. The van der Waals surface area contributed by atoms with Crippen molar-refractivity contribution in [1.82, 2.24) is 9.62 Å². The van der Waals surface area contributed by atoms with Crippen molar-refractivity contribution in [2.45, 2.75) is 55.1 Å². The van der Waals surface area contributed by atoms with E-state index >= 15 is 0 Å². The van der Waals surface area contributed by atoms with Crippen molar-refractivity contribution >= 4 is 27.3 Å². The highest BCUT2D eigenvalue weighted by Crippen LogP contribution is 2.31. The summed E-state index contributed by atoms with van der Waals surface area (Å²) in [6, 6.07) is 11.9. The lowest BCUT2D eigenvalue weighted by atomic mass is 9.83. The van der Waals surface area contributed by atoms with Crippen LogP contribution in [0.25, 0.3) is 0 Å². The Kier molecular flexibility index (Phi) is 6.37. The Morgan fingerprint density at radius 1 is 1.07 bits per heavy atom. The van der Waals surface area contributed by atoms with E-state index in [9.17, 15) is 13.2 Å². The molecule has 1 saturated heterocycles. The number of sulfonamides is 1. The van der Waals surface area contributed by atoms with E-state index in [1.807, 2.05) is 0 Å². The van der Waals surface area contributed by atoms with Crippen molar-refractivity contribution in [2.24, 2.45) is 0 Å². The predicted molar refractivity (Wildman–Crippen MR) is 116 cm³/mol. The van der Waals surface area contributed by atoms with Crippen LogP contribution in [-0.2, 0) is 27.7 Å². The fourth-order valence-electron chi connectivity index (χ4n) is 4.35. The molecule has 156 valence electrons. The molecule has 2 aliphatic rings. The van der Waals surface area contributed by atoms with Gasteiger partial charge in [0.2, 0.25) is 5.91 Å². The Morgan fingerprint density at radius 2 is 1.86 bits per heavy atom. The third-order valence-electron chi connectivity index (χ3n) is 5.92. The molecule has 5 nitrogen and oxygen atoms in total. The number of aryl methyl sites for hydroxylation is 1. The van der Waals surface area contributed by atoms with Crippen molar-refractivity contribution in [3.05, 3.63) is 52.4 Å². The largest absolute Gasteiger partial charge is 0.355 e. The van der Waals surface area contributed by atoms with E-state index < -0.39 is 10.0 Å². The summed E-state index contributed by atoms with van der Waals surface area (Å²) in [6.45, 7) is 1.83. The zero-order valence-corrected chi connectivity index (χ0v) is 18.2. The van der Waals surface area contributed by atoms with Crippen LogP contribution in [0.4, 0.5) is 0 Å². The van der Waals surface area contributed by atoms with Gasteiger partial charge in [-0.05, 0) is 55.4 Å². The van der Waals surface area contributed by atoms with Crippen molar-refractivity contribution in [1.29, 1.82) is 0 Å². The van der Waals surface area contributed by atoms with Crippen LogP contribution in [0.5, 0.6) is 0 Å². The third kappa shape index (κ3) is 4.73. The van der Waals surface area contributed by atoms with E-state index in [0.717, 1.165) is 43.4 Å². The minimum Gasteiger partial charge on any atom is -0.355 e. The predicted octanol–water partition coefficient (Wildman–Crippen LogP) is 3.70. The summed E-state index contributed by atoms with van der Waals surface area (Å²) in [4.78, 5) is 13.3. The van der Waals surface area contributed by atoms with Gasteiger partial charge in [-0.3, -0.25) is 4.79 Å². The number of nitrogens with one attached hydrogen (secondary N) is 1. The molecule has 0 unspecified atom stereocenters. The highest BCUT2D eigenvalue weighted by Gasteiger charge is 2.27. The van der Waals surface area contributed by atoms with Crippen molar-refractivity contribution < 1.29 is 13.2 Å². The van der Waals surface area contributed by atoms with Gasteiger partial charge in [0.15, 0.2) is 0 Å². The van der Waals surface area contributed by atoms with Crippen LogP contribution < -0.4 is 5.32 Å². The fourth-order valence-corrected chi connectivity index (χ4v) is 7.37. The molecule has 1 N–H and O–H groups in total. The standard InChI is InChI=1S/C22H28N2O3S2/c25-21(23-16-18-9-6-8-17-7-2-3-10-20(17)18)15-19-11-12-22(28-19)29(26,27)24-13-4-1-5-14-24/h2-3,7,10-12,18H,1,4-6,8-9,13-16H2,(H,23,25)/t18-/m1/s1. The molecule has 1 atom stereocenters. The molecule has 2 heterocycles. The molecular formula is C22H28N2O3S2. The number of carbonyl (C=O) groups is 1. The molecule has 0 saturated carbocycles. The van der Waals surface area contributed by atoms with Gasteiger partial charge in [-0.25, -0.2) is 8.42 Å². The normalized spacial score (nSPS) is 20.2. The number of nitrogens with zero attached hydrogens (tertiary/aromatic N) is 1. The van der Waals surface area contributed by atoms with Gasteiger partial charge >= 0.3 is 0 Å². The topological polar surface area (TPSA) is 66.5 Å². The molecule has 29 heavy (non-hydrogen) atoms. The molecule has 0 radical (unpaired) electrons. The van der Waals surface area contributed by atoms with Crippen molar-refractivity contribution in [2.75, 3.05) is 19.6 Å². The van der Waals surface area contributed by atoms with E-state index in [1.54, 1.807) is 16.4 Å². The maximum atomic E-state index is 12.8. The van der Waals surface area contributed by atoms with E-state index in [-0.39, 0.29) is 12.3 Å². The lowest BCUT2D eigenvalue weighted by molar-refractivity contribution is -0.120. The fraction of sp³-hybridized carbons (Fsp3) is 0.500. The summed E-state index contributed by atoms with van der Waals surface area (Å²) in [6.07, 6.45) is 6.52. The Labute approximate surface area is 177 Å². The highest BCUT2D eigenvalue weighted by atomic mass is 32.2. The van der Waals surface area contributed by atoms with Gasteiger partial charge in [0, 0.05) is 30.4 Å². The SMILES string of the molecule is O=C(Cc1ccc(S(=O)(=O)N2CCCCC2)s1)NC[C@H]1CCCc2ccccc21. The molecule has 1 aromatic heterocycles. The Hall–Kier alpha value is -1.70. The van der Waals surface area contributed by atoms with Gasteiger partial charge in [0.25, 0.3) is 10.0 Å². The lowest BCUT2D eigenvalue weighted by Gasteiger charge is -2.25. The summed E-state index contributed by atoms with van der Waals surface area (Å²) in [5.41, 5.74) is 2.74. The van der Waals surface area contributed by atoms with Crippen LogP contribution in [0.15, 0.2) is 40.6 Å². The van der Waals surface area contributed by atoms with Gasteiger partial charge in [0.1, 0.15) is 4.21 Å². The number of piperidine rings is 1. The second-order valence-corrected chi connectivity index (χ2v) is 11.3. The van der Waals surface area contributed by atoms with Crippen LogP contribution in [0.2, 0.25) is 0 Å².